The van der Waals surface area contributed by atoms with E-state index in [4.69, 9.17) is 4.18 Å². The zero-order valence-corrected chi connectivity index (χ0v) is 11.9. The highest BCUT2D eigenvalue weighted by atomic mass is 32.2. The summed E-state index contributed by atoms with van der Waals surface area (Å²) < 4.78 is 5.17. The van der Waals surface area contributed by atoms with Gasteiger partial charge in [0.05, 0.1) is 12.5 Å². The first kappa shape index (κ1) is 16.3. The second-order valence-corrected chi connectivity index (χ2v) is 4.90. The maximum atomic E-state index is 5.17. The predicted molar refractivity (Wildman–Crippen MR) is 74.7 cm³/mol. The second kappa shape index (κ2) is 15.3. The molecule has 0 rings (SSSR count). The topological polar surface area (TPSA) is 21.3 Å². The predicted octanol–water partition coefficient (Wildman–Crippen LogP) is 4.36. The molecule has 0 unspecified atom stereocenters. The Bertz CT molecular complexity index is 109. The van der Waals surface area contributed by atoms with Crippen LogP contribution in [-0.4, -0.2) is 19.0 Å². The molecule has 16 heavy (non-hydrogen) atoms. The Kier molecular flexibility index (Phi) is 15.5. The van der Waals surface area contributed by atoms with Crippen molar-refractivity contribution < 1.29 is 4.18 Å². The van der Waals surface area contributed by atoms with Crippen LogP contribution in [0.4, 0.5) is 0 Å². The van der Waals surface area contributed by atoms with Gasteiger partial charge in [0.15, 0.2) is 0 Å². The minimum absolute atomic E-state index is 0.796. The van der Waals surface area contributed by atoms with Crippen LogP contribution in [0.5, 0.6) is 0 Å². The monoisotopic (exact) mass is 247 g/mol. The van der Waals surface area contributed by atoms with Crippen molar-refractivity contribution in [1.82, 2.24) is 5.32 Å². The molecular weight excluding hydrogens is 218 g/mol. The highest BCUT2D eigenvalue weighted by molar-refractivity contribution is 7.94. The van der Waals surface area contributed by atoms with Crippen LogP contribution in [0.2, 0.25) is 0 Å². The second-order valence-electron chi connectivity index (χ2n) is 4.14. The smallest absolute Gasteiger partial charge is 0.0685 e. The van der Waals surface area contributed by atoms with E-state index in [0.717, 1.165) is 19.0 Å². The lowest BCUT2D eigenvalue weighted by Crippen LogP contribution is -2.14. The molecule has 0 spiro atoms. The molecule has 0 aromatic heterocycles. The molecule has 0 radical (unpaired) electrons. The summed E-state index contributed by atoms with van der Waals surface area (Å²) in [5.74, 6) is 0.921. The van der Waals surface area contributed by atoms with Crippen LogP contribution in [-0.2, 0) is 4.18 Å². The normalized spacial score (nSPS) is 10.9. The Morgan fingerprint density at radius 2 is 1.50 bits per heavy atom. The molecule has 0 aliphatic heterocycles. The van der Waals surface area contributed by atoms with Gasteiger partial charge in [-0.3, -0.25) is 0 Å². The van der Waals surface area contributed by atoms with Crippen molar-refractivity contribution in [3.63, 3.8) is 0 Å². The van der Waals surface area contributed by atoms with E-state index < -0.39 is 0 Å². The summed E-state index contributed by atoms with van der Waals surface area (Å²) in [6, 6.07) is 0. The zero-order chi connectivity index (χ0) is 11.9. The highest BCUT2D eigenvalue weighted by Gasteiger charge is 1.92. The van der Waals surface area contributed by atoms with Gasteiger partial charge in [-0.15, -0.1) is 0 Å². The van der Waals surface area contributed by atoms with Crippen molar-refractivity contribution in [2.45, 2.75) is 65.2 Å². The lowest BCUT2D eigenvalue weighted by Gasteiger charge is -2.04. The van der Waals surface area contributed by atoms with Gasteiger partial charge < -0.3 is 9.50 Å². The molecule has 1 N–H and O–H groups in total. The van der Waals surface area contributed by atoms with E-state index in [1.807, 2.05) is 6.92 Å². The largest absolute Gasteiger partial charge is 0.314 e. The van der Waals surface area contributed by atoms with Crippen molar-refractivity contribution in [1.29, 1.82) is 0 Å². The number of nitrogens with one attached hydrogen (secondary N) is 1. The Hall–Kier alpha value is 0.270. The van der Waals surface area contributed by atoms with Gasteiger partial charge >= 0.3 is 0 Å². The molecule has 0 atom stereocenters. The van der Waals surface area contributed by atoms with E-state index in [1.54, 1.807) is 0 Å². The maximum absolute atomic E-state index is 5.17. The summed E-state index contributed by atoms with van der Waals surface area (Å²) >= 11 is 1.52. The van der Waals surface area contributed by atoms with E-state index in [1.165, 1.54) is 63.4 Å². The molecule has 98 valence electrons. The lowest BCUT2D eigenvalue weighted by atomic mass is 10.1. The SMILES string of the molecule is CCCCCCCCCCNCSOCC. The van der Waals surface area contributed by atoms with Gasteiger partial charge in [0.2, 0.25) is 0 Å². The molecule has 0 aliphatic carbocycles. The minimum atomic E-state index is 0.796. The summed E-state index contributed by atoms with van der Waals surface area (Å²) in [5.41, 5.74) is 0. The van der Waals surface area contributed by atoms with Crippen molar-refractivity contribution >= 4 is 12.0 Å². The number of unbranched alkanes of at least 4 members (excludes halogenated alkanes) is 7. The molecule has 0 amide bonds. The van der Waals surface area contributed by atoms with Crippen LogP contribution < -0.4 is 5.32 Å². The molecular formula is C13H29NOS. The van der Waals surface area contributed by atoms with Crippen LogP contribution in [0.15, 0.2) is 0 Å². The fourth-order valence-corrected chi connectivity index (χ4v) is 2.10. The standard InChI is InChI=1S/C13H29NOS/c1-3-5-6-7-8-9-10-11-12-14-13-16-15-4-2/h14H,3-13H2,1-2H3. The van der Waals surface area contributed by atoms with Gasteiger partial charge in [0.1, 0.15) is 0 Å². The molecule has 0 aliphatic rings. The minimum Gasteiger partial charge on any atom is -0.314 e. The average molecular weight is 247 g/mol. The van der Waals surface area contributed by atoms with Crippen LogP contribution in [0.25, 0.3) is 0 Å². The molecule has 2 nitrogen and oxygen atoms in total. The van der Waals surface area contributed by atoms with Crippen LogP contribution >= 0.6 is 12.0 Å². The van der Waals surface area contributed by atoms with Crippen LogP contribution in [0.1, 0.15) is 65.2 Å². The van der Waals surface area contributed by atoms with Crippen molar-refractivity contribution in [2.75, 3.05) is 19.0 Å². The van der Waals surface area contributed by atoms with Gasteiger partial charge in [-0.1, -0.05) is 51.9 Å². The van der Waals surface area contributed by atoms with Crippen LogP contribution in [0, 0.1) is 0 Å². The maximum Gasteiger partial charge on any atom is 0.0685 e. The summed E-state index contributed by atoms with van der Waals surface area (Å²) in [4.78, 5) is 0. The fourth-order valence-electron chi connectivity index (χ4n) is 1.62. The summed E-state index contributed by atoms with van der Waals surface area (Å²) in [6.45, 7) is 6.22. The first-order valence-electron chi connectivity index (χ1n) is 6.87. The van der Waals surface area contributed by atoms with Crippen molar-refractivity contribution in [3.05, 3.63) is 0 Å². The molecule has 0 aromatic rings. The average Bonchev–Trinajstić information content (AvgIpc) is 2.31. The molecule has 0 saturated carbocycles. The third kappa shape index (κ3) is 14.3. The van der Waals surface area contributed by atoms with Crippen molar-refractivity contribution in [2.24, 2.45) is 0 Å². The van der Waals surface area contributed by atoms with Gasteiger partial charge in [-0.05, 0) is 19.9 Å². The third-order valence-corrected chi connectivity index (χ3v) is 3.29. The molecule has 0 fully saturated rings. The first-order chi connectivity index (χ1) is 7.91. The first-order valence-corrected chi connectivity index (χ1v) is 7.78. The van der Waals surface area contributed by atoms with Gasteiger partial charge in [0, 0.05) is 12.0 Å². The van der Waals surface area contributed by atoms with E-state index in [9.17, 15) is 0 Å². The van der Waals surface area contributed by atoms with Gasteiger partial charge in [-0.2, -0.15) is 0 Å². The highest BCUT2D eigenvalue weighted by Crippen LogP contribution is 2.08. The quantitative estimate of drug-likeness (QED) is 0.297. The number of rotatable bonds is 13. The number of hydrogen-bond acceptors (Lipinski definition) is 3. The Morgan fingerprint density at radius 1 is 0.875 bits per heavy atom. The molecule has 3 heteroatoms. The van der Waals surface area contributed by atoms with Gasteiger partial charge in [-0.25, -0.2) is 0 Å². The summed E-state index contributed by atoms with van der Waals surface area (Å²) in [6.07, 6.45) is 11.1. The Labute approximate surface area is 106 Å². The molecule has 0 saturated heterocycles. The summed E-state index contributed by atoms with van der Waals surface area (Å²) in [5, 5.41) is 3.37. The van der Waals surface area contributed by atoms with E-state index in [-0.39, 0.29) is 0 Å². The Balaban J connectivity index is 2.83. The Morgan fingerprint density at radius 3 is 2.12 bits per heavy atom. The lowest BCUT2D eigenvalue weighted by molar-refractivity contribution is 0.400. The fraction of sp³-hybridized carbons (Fsp3) is 1.00. The van der Waals surface area contributed by atoms with E-state index >= 15 is 0 Å². The third-order valence-electron chi connectivity index (χ3n) is 2.57. The molecule has 0 bridgehead atoms. The van der Waals surface area contributed by atoms with E-state index in [2.05, 4.69) is 12.2 Å². The summed E-state index contributed by atoms with van der Waals surface area (Å²) in [7, 11) is 0. The molecule has 0 aromatic carbocycles. The van der Waals surface area contributed by atoms with E-state index in [0.29, 0.717) is 0 Å². The van der Waals surface area contributed by atoms with Crippen LogP contribution in [0.3, 0.4) is 0 Å². The zero-order valence-electron chi connectivity index (χ0n) is 11.1. The van der Waals surface area contributed by atoms with Crippen molar-refractivity contribution in [3.8, 4) is 0 Å². The molecule has 0 heterocycles. The van der Waals surface area contributed by atoms with Gasteiger partial charge in [0.25, 0.3) is 0 Å². The number of hydrogen-bond donors (Lipinski definition) is 1.